The molecule has 44 heavy (non-hydrogen) atoms. The molecule has 3 heterocycles. The van der Waals surface area contributed by atoms with E-state index < -0.39 is 23.3 Å². The first kappa shape index (κ1) is 31.1. The number of rotatable bonds is 8. The minimum absolute atomic E-state index is 0.0865. The van der Waals surface area contributed by atoms with Gasteiger partial charge in [-0.3, -0.25) is 19.1 Å². The second kappa shape index (κ2) is 13.1. The number of nitrogens with one attached hydrogen (secondary N) is 2. The first-order valence-electron chi connectivity index (χ1n) is 14.1. The van der Waals surface area contributed by atoms with Gasteiger partial charge in [0.25, 0.3) is 11.5 Å². The largest absolute Gasteiger partial charge is 0.495 e. The van der Waals surface area contributed by atoms with Crippen LogP contribution in [0.2, 0.25) is 5.02 Å². The molecular weight excluding hydrogens is 586 g/mol. The van der Waals surface area contributed by atoms with Gasteiger partial charge in [0.2, 0.25) is 0 Å². The molecule has 2 aromatic heterocycles. The van der Waals surface area contributed by atoms with Crippen molar-refractivity contribution < 1.29 is 19.4 Å². The normalized spacial score (nSPS) is 16.5. The molecule has 4 aromatic rings. The molecule has 0 radical (unpaired) electrons. The highest BCUT2D eigenvalue weighted by atomic mass is 35.5. The zero-order chi connectivity index (χ0) is 31.5. The maximum Gasteiger partial charge on any atom is 0.330 e. The Balaban J connectivity index is 1.42. The van der Waals surface area contributed by atoms with Crippen LogP contribution in [0, 0.1) is 6.92 Å². The number of pyridine rings is 1. The molecule has 1 fully saturated rings. The van der Waals surface area contributed by atoms with Gasteiger partial charge in [0.1, 0.15) is 11.3 Å². The number of nitrogens with zero attached hydrogens (tertiary/aromatic N) is 3. The van der Waals surface area contributed by atoms with Crippen molar-refractivity contribution in [2.24, 2.45) is 14.1 Å². The number of aliphatic hydroxyl groups is 1. The second-order valence-corrected chi connectivity index (χ2v) is 11.1. The fourth-order valence-corrected chi connectivity index (χ4v) is 5.63. The molecule has 0 aliphatic carbocycles. The summed E-state index contributed by atoms with van der Waals surface area (Å²) in [5, 5.41) is 16.8. The molecule has 1 amide bonds. The van der Waals surface area contributed by atoms with Gasteiger partial charge in [-0.05, 0) is 36.6 Å². The van der Waals surface area contributed by atoms with Gasteiger partial charge in [-0.1, -0.05) is 41.9 Å². The molecule has 230 valence electrons. The number of ether oxygens (including phenoxy) is 2. The van der Waals surface area contributed by atoms with Gasteiger partial charge in [0, 0.05) is 68.1 Å². The van der Waals surface area contributed by atoms with Crippen molar-refractivity contribution in [1.29, 1.82) is 0 Å². The van der Waals surface area contributed by atoms with Crippen molar-refractivity contribution in [1.82, 2.24) is 19.4 Å². The van der Waals surface area contributed by atoms with Crippen molar-refractivity contribution in [3.63, 3.8) is 0 Å². The van der Waals surface area contributed by atoms with E-state index in [1.54, 1.807) is 25.4 Å². The molecule has 2 atom stereocenters. The summed E-state index contributed by atoms with van der Waals surface area (Å²) in [5.74, 6) is -0.0381. The van der Waals surface area contributed by atoms with E-state index in [9.17, 15) is 19.5 Å². The first-order valence-corrected chi connectivity index (χ1v) is 14.5. The number of carbonyl (C=O) groups excluding carboxylic acids is 1. The van der Waals surface area contributed by atoms with Gasteiger partial charge in [0.15, 0.2) is 0 Å². The Bertz CT molecular complexity index is 1840. The number of carbonyl (C=O) groups is 1. The van der Waals surface area contributed by atoms with Gasteiger partial charge < -0.3 is 29.8 Å². The van der Waals surface area contributed by atoms with E-state index in [0.29, 0.717) is 48.3 Å². The molecule has 0 spiro atoms. The second-order valence-electron chi connectivity index (χ2n) is 10.7. The molecule has 11 nitrogen and oxygen atoms in total. The summed E-state index contributed by atoms with van der Waals surface area (Å²) < 4.78 is 13.0. The zero-order valence-corrected chi connectivity index (χ0v) is 25.6. The monoisotopic (exact) mass is 619 g/mol. The molecule has 0 unspecified atom stereocenters. The summed E-state index contributed by atoms with van der Waals surface area (Å²) in [6.45, 7) is 3.17. The van der Waals surface area contributed by atoms with Crippen LogP contribution in [0.4, 0.5) is 5.69 Å². The highest BCUT2D eigenvalue weighted by Crippen LogP contribution is 2.40. The Hall–Kier alpha value is -4.29. The zero-order valence-electron chi connectivity index (χ0n) is 24.9. The van der Waals surface area contributed by atoms with Crippen LogP contribution in [-0.2, 0) is 25.4 Å². The number of aryl methyl sites for hydroxylation is 1. The van der Waals surface area contributed by atoms with Gasteiger partial charge in [-0.2, -0.15) is 0 Å². The molecule has 1 aliphatic heterocycles. The number of anilines is 1. The molecule has 3 N–H and O–H groups in total. The Morgan fingerprint density at radius 3 is 2.64 bits per heavy atom. The van der Waals surface area contributed by atoms with E-state index in [1.807, 2.05) is 37.3 Å². The van der Waals surface area contributed by atoms with E-state index in [0.717, 1.165) is 32.4 Å². The fourth-order valence-electron chi connectivity index (χ4n) is 5.30. The quantitative estimate of drug-likeness (QED) is 0.273. The number of amides is 1. The Morgan fingerprint density at radius 1 is 1.16 bits per heavy atom. The maximum atomic E-state index is 13.1. The summed E-state index contributed by atoms with van der Waals surface area (Å²) in [7, 11) is 4.39. The third-order valence-corrected chi connectivity index (χ3v) is 8.29. The number of aliphatic hydroxyl groups excluding tert-OH is 1. The lowest BCUT2D eigenvalue weighted by molar-refractivity contribution is -0.0281. The molecule has 1 aliphatic rings. The molecular formula is C32H34ClN5O6. The standard InChI is InChI=1S/C32H34ClN5O6/c1-18-20(7-6-10-24(18)36-30(40)23-16-37(2)32(42)38(3)31(23)41)22-9-5-8-21(29(22)33)19-13-28(43-4)26(34-14-19)15-35-25-11-12-44-17-27(25)39/h5-10,13-14,16,25,27,35,39H,11-12,15,17H2,1-4H3,(H,36,40)/t25-,27+/m1/s1. The SMILES string of the molecule is COc1cc(-c2cccc(-c3cccc(NC(=O)c4cn(C)c(=O)n(C)c4=O)c3C)c2Cl)cnc1CN[C@@H]1CCOC[C@@H]1O. The van der Waals surface area contributed by atoms with Crippen LogP contribution in [0.1, 0.15) is 28.0 Å². The van der Waals surface area contributed by atoms with E-state index in [1.165, 1.54) is 24.9 Å². The van der Waals surface area contributed by atoms with Gasteiger partial charge in [0.05, 0.1) is 30.5 Å². The summed E-state index contributed by atoms with van der Waals surface area (Å²) in [6, 6.07) is 12.9. The highest BCUT2D eigenvalue weighted by molar-refractivity contribution is 6.36. The molecule has 0 bridgehead atoms. The lowest BCUT2D eigenvalue weighted by Crippen LogP contribution is -2.46. The van der Waals surface area contributed by atoms with Crippen molar-refractivity contribution in [3.05, 3.63) is 97.5 Å². The lowest BCUT2D eigenvalue weighted by Gasteiger charge is -2.28. The van der Waals surface area contributed by atoms with Crippen molar-refractivity contribution in [3.8, 4) is 28.0 Å². The molecule has 2 aromatic carbocycles. The first-order chi connectivity index (χ1) is 21.1. The summed E-state index contributed by atoms with van der Waals surface area (Å²) in [5.41, 5.74) is 3.64. The van der Waals surface area contributed by atoms with Crippen LogP contribution in [0.3, 0.4) is 0 Å². The number of hydrogen-bond donors (Lipinski definition) is 3. The van der Waals surface area contributed by atoms with Gasteiger partial charge >= 0.3 is 5.69 Å². The van der Waals surface area contributed by atoms with Gasteiger partial charge in [-0.25, -0.2) is 4.79 Å². The van der Waals surface area contributed by atoms with Crippen LogP contribution in [0.15, 0.2) is 64.4 Å². The molecule has 5 rings (SSSR count). The molecule has 12 heteroatoms. The Kier molecular flexibility index (Phi) is 9.31. The van der Waals surface area contributed by atoms with Crippen LogP contribution in [-0.4, -0.2) is 57.6 Å². The summed E-state index contributed by atoms with van der Waals surface area (Å²) in [4.78, 5) is 42.4. The third-order valence-electron chi connectivity index (χ3n) is 7.88. The number of hydrogen-bond acceptors (Lipinski definition) is 8. The summed E-state index contributed by atoms with van der Waals surface area (Å²) in [6.07, 6.45) is 3.10. The number of benzene rings is 2. The highest BCUT2D eigenvalue weighted by Gasteiger charge is 2.24. The van der Waals surface area contributed by atoms with E-state index in [2.05, 4.69) is 15.6 Å². The van der Waals surface area contributed by atoms with Crippen LogP contribution < -0.4 is 26.6 Å². The average molecular weight is 620 g/mol. The average Bonchev–Trinajstić information content (AvgIpc) is 3.02. The minimum atomic E-state index is -0.679. The molecule has 0 saturated carbocycles. The van der Waals surface area contributed by atoms with Crippen LogP contribution in [0.25, 0.3) is 22.3 Å². The number of halogens is 1. The predicted molar refractivity (Wildman–Crippen MR) is 168 cm³/mol. The van der Waals surface area contributed by atoms with Crippen LogP contribution in [0.5, 0.6) is 5.75 Å². The lowest BCUT2D eigenvalue weighted by atomic mass is 9.95. The van der Waals surface area contributed by atoms with Crippen molar-refractivity contribution in [2.75, 3.05) is 25.6 Å². The Morgan fingerprint density at radius 2 is 1.89 bits per heavy atom. The summed E-state index contributed by atoms with van der Waals surface area (Å²) >= 11 is 7.00. The predicted octanol–water partition coefficient (Wildman–Crippen LogP) is 3.28. The third kappa shape index (κ3) is 6.18. The number of aromatic nitrogens is 3. The van der Waals surface area contributed by atoms with E-state index in [4.69, 9.17) is 21.1 Å². The minimum Gasteiger partial charge on any atom is -0.495 e. The topological polar surface area (TPSA) is 137 Å². The van der Waals surface area contributed by atoms with Gasteiger partial charge in [-0.15, -0.1) is 0 Å². The van der Waals surface area contributed by atoms with Crippen molar-refractivity contribution >= 4 is 23.2 Å². The maximum absolute atomic E-state index is 13.1. The van der Waals surface area contributed by atoms with E-state index in [-0.39, 0.29) is 11.6 Å². The van der Waals surface area contributed by atoms with Crippen LogP contribution >= 0.6 is 11.6 Å². The number of methoxy groups -OCH3 is 1. The smallest absolute Gasteiger partial charge is 0.330 e. The molecule has 1 saturated heterocycles. The Labute approximate surface area is 259 Å². The van der Waals surface area contributed by atoms with Crippen molar-refractivity contribution in [2.45, 2.75) is 32.0 Å². The fraction of sp³-hybridized carbons (Fsp3) is 0.312. The van der Waals surface area contributed by atoms with E-state index >= 15 is 0 Å².